The van der Waals surface area contributed by atoms with Gasteiger partial charge in [0.25, 0.3) is 5.91 Å². The Morgan fingerprint density at radius 3 is 2.21 bits per heavy atom. The van der Waals surface area contributed by atoms with E-state index in [1.165, 1.54) is 37.3 Å². The van der Waals surface area contributed by atoms with Gasteiger partial charge in [-0.1, -0.05) is 12.1 Å². The molecule has 7 nitrogen and oxygen atoms in total. The molecule has 0 atom stereocenters. The number of hydrogen-bond acceptors (Lipinski definition) is 4. The molecule has 7 N–H and O–H groups in total. The van der Waals surface area contributed by atoms with Crippen LogP contribution in [0, 0.1) is 0 Å². The number of hydrogen-bond donors (Lipinski definition) is 5. The second-order valence-corrected chi connectivity index (χ2v) is 5.14. The third-order valence-electron chi connectivity index (χ3n) is 3.27. The average Bonchev–Trinajstić information content (AvgIpc) is 2.51. The highest BCUT2D eigenvalue weighted by atomic mass is 16.3. The Morgan fingerprint density at radius 2 is 1.62 bits per heavy atom. The van der Waals surface area contributed by atoms with E-state index in [1.54, 1.807) is 12.1 Å². The Morgan fingerprint density at radius 1 is 1.04 bits per heavy atom. The molecule has 0 saturated heterocycles. The van der Waals surface area contributed by atoms with Crippen LogP contribution in [0.5, 0.6) is 17.2 Å². The summed E-state index contributed by atoms with van der Waals surface area (Å²) in [6.45, 7) is 1.53. The van der Waals surface area contributed by atoms with Gasteiger partial charge in [0.05, 0.1) is 0 Å². The lowest BCUT2D eigenvalue weighted by atomic mass is 9.97. The SMILES string of the molecule is C/C(=C\c1cc(O)c(O)cc1-c1ccc(O)cc1)C(=O)N=C(N)N. The van der Waals surface area contributed by atoms with Crippen LogP contribution < -0.4 is 11.5 Å². The summed E-state index contributed by atoms with van der Waals surface area (Å²) in [6.07, 6.45) is 1.50. The van der Waals surface area contributed by atoms with E-state index in [0.717, 1.165) is 0 Å². The number of aromatic hydroxyl groups is 3. The number of amides is 1. The number of carbonyl (C=O) groups excluding carboxylic acids is 1. The molecule has 2 aromatic carbocycles. The quantitative estimate of drug-likeness (QED) is 0.251. The first-order chi connectivity index (χ1) is 11.3. The fraction of sp³-hybridized carbons (Fsp3) is 0.0588. The maximum Gasteiger partial charge on any atom is 0.275 e. The molecule has 0 spiro atoms. The molecule has 2 rings (SSSR count). The van der Waals surface area contributed by atoms with Crippen LogP contribution in [0.4, 0.5) is 0 Å². The van der Waals surface area contributed by atoms with Gasteiger partial charge in [0.1, 0.15) is 5.75 Å². The third-order valence-corrected chi connectivity index (χ3v) is 3.27. The fourth-order valence-corrected chi connectivity index (χ4v) is 2.10. The summed E-state index contributed by atoms with van der Waals surface area (Å²) < 4.78 is 0. The van der Waals surface area contributed by atoms with Gasteiger partial charge in [-0.2, -0.15) is 4.99 Å². The lowest BCUT2D eigenvalue weighted by molar-refractivity contribution is -0.114. The largest absolute Gasteiger partial charge is 0.508 e. The summed E-state index contributed by atoms with van der Waals surface area (Å²) in [6, 6.07) is 8.96. The number of rotatable bonds is 3. The number of benzene rings is 2. The van der Waals surface area contributed by atoms with Crippen LogP contribution in [0.1, 0.15) is 12.5 Å². The molecule has 0 bridgehead atoms. The van der Waals surface area contributed by atoms with Crippen LogP contribution in [-0.4, -0.2) is 27.2 Å². The predicted molar refractivity (Wildman–Crippen MR) is 91.3 cm³/mol. The standard InChI is InChI=1S/C17H17N3O4/c1-9(16(24)20-17(18)19)6-11-7-14(22)15(23)8-13(11)10-2-4-12(21)5-3-10/h2-8,21-23H,1H3,(H4,18,19,20,24)/b9-6+. The van der Waals surface area contributed by atoms with Crippen molar-refractivity contribution in [1.82, 2.24) is 0 Å². The maximum absolute atomic E-state index is 11.8. The van der Waals surface area contributed by atoms with Gasteiger partial charge in [0.15, 0.2) is 17.5 Å². The number of nitrogens with zero attached hydrogens (tertiary/aromatic N) is 1. The minimum Gasteiger partial charge on any atom is -0.508 e. The Balaban J connectivity index is 2.57. The molecule has 0 aliphatic rings. The molecule has 0 aliphatic heterocycles. The molecule has 0 heterocycles. The average molecular weight is 327 g/mol. The first-order valence-corrected chi connectivity index (χ1v) is 6.95. The number of carbonyl (C=O) groups is 1. The van der Waals surface area contributed by atoms with Gasteiger partial charge in [0.2, 0.25) is 0 Å². The fourth-order valence-electron chi connectivity index (χ4n) is 2.10. The van der Waals surface area contributed by atoms with E-state index in [-0.39, 0.29) is 28.8 Å². The zero-order valence-corrected chi connectivity index (χ0v) is 12.9. The van der Waals surface area contributed by atoms with Crippen molar-refractivity contribution in [3.8, 4) is 28.4 Å². The van der Waals surface area contributed by atoms with Gasteiger partial charge in [-0.3, -0.25) is 4.79 Å². The third kappa shape index (κ3) is 3.83. The highest BCUT2D eigenvalue weighted by Gasteiger charge is 2.11. The second-order valence-electron chi connectivity index (χ2n) is 5.14. The van der Waals surface area contributed by atoms with E-state index < -0.39 is 5.91 Å². The summed E-state index contributed by atoms with van der Waals surface area (Å²) in [4.78, 5) is 15.3. The number of phenols is 3. The summed E-state index contributed by atoms with van der Waals surface area (Å²) in [5.74, 6) is -1.49. The minimum atomic E-state index is -0.612. The lowest BCUT2D eigenvalue weighted by Crippen LogP contribution is -2.24. The molecule has 0 saturated carbocycles. The van der Waals surface area contributed by atoms with Gasteiger partial charge in [0, 0.05) is 5.57 Å². The number of phenolic OH excluding ortho intramolecular Hbond substituents is 3. The lowest BCUT2D eigenvalue weighted by Gasteiger charge is -2.10. The summed E-state index contributed by atoms with van der Waals surface area (Å²) in [7, 11) is 0. The molecule has 0 radical (unpaired) electrons. The topological polar surface area (TPSA) is 142 Å². The monoisotopic (exact) mass is 327 g/mol. The zero-order chi connectivity index (χ0) is 17.9. The zero-order valence-electron chi connectivity index (χ0n) is 12.9. The normalized spacial score (nSPS) is 11.1. The molecule has 24 heavy (non-hydrogen) atoms. The van der Waals surface area contributed by atoms with Crippen LogP contribution in [0.2, 0.25) is 0 Å². The van der Waals surface area contributed by atoms with E-state index in [2.05, 4.69) is 4.99 Å². The van der Waals surface area contributed by atoms with Crippen molar-refractivity contribution < 1.29 is 20.1 Å². The molecule has 0 unspecified atom stereocenters. The van der Waals surface area contributed by atoms with E-state index in [0.29, 0.717) is 16.7 Å². The highest BCUT2D eigenvalue weighted by molar-refractivity contribution is 6.04. The van der Waals surface area contributed by atoms with Crippen molar-refractivity contribution in [2.24, 2.45) is 16.5 Å². The Bertz CT molecular complexity index is 836. The molecular formula is C17H17N3O4. The van der Waals surface area contributed by atoms with Gasteiger partial charge in [-0.25, -0.2) is 0 Å². The van der Waals surface area contributed by atoms with Crippen molar-refractivity contribution in [2.75, 3.05) is 0 Å². The molecule has 0 aromatic heterocycles. The van der Waals surface area contributed by atoms with E-state index in [4.69, 9.17) is 11.5 Å². The molecular weight excluding hydrogens is 310 g/mol. The highest BCUT2D eigenvalue weighted by Crippen LogP contribution is 2.36. The van der Waals surface area contributed by atoms with Gasteiger partial charge < -0.3 is 26.8 Å². The molecule has 124 valence electrons. The van der Waals surface area contributed by atoms with Crippen molar-refractivity contribution >= 4 is 17.9 Å². The molecule has 0 aliphatic carbocycles. The van der Waals surface area contributed by atoms with E-state index in [9.17, 15) is 20.1 Å². The van der Waals surface area contributed by atoms with Gasteiger partial charge >= 0.3 is 0 Å². The summed E-state index contributed by atoms with van der Waals surface area (Å²) >= 11 is 0. The van der Waals surface area contributed by atoms with E-state index >= 15 is 0 Å². The Kier molecular flexibility index (Phi) is 4.74. The number of nitrogens with two attached hydrogens (primary N) is 2. The number of aliphatic imine (C=N–C) groups is 1. The molecule has 2 aromatic rings. The van der Waals surface area contributed by atoms with Crippen LogP contribution >= 0.6 is 0 Å². The minimum absolute atomic E-state index is 0.0953. The first-order valence-electron chi connectivity index (χ1n) is 6.95. The first kappa shape index (κ1) is 16.9. The van der Waals surface area contributed by atoms with Crippen LogP contribution in [-0.2, 0) is 4.79 Å². The van der Waals surface area contributed by atoms with Crippen molar-refractivity contribution in [3.63, 3.8) is 0 Å². The van der Waals surface area contributed by atoms with Gasteiger partial charge in [-0.15, -0.1) is 0 Å². The van der Waals surface area contributed by atoms with Crippen molar-refractivity contribution in [3.05, 3.63) is 47.5 Å². The van der Waals surface area contributed by atoms with Gasteiger partial charge in [-0.05, 0) is 54.0 Å². The Labute approximate surface area is 138 Å². The van der Waals surface area contributed by atoms with Crippen LogP contribution in [0.3, 0.4) is 0 Å². The molecule has 7 heteroatoms. The summed E-state index contributed by atoms with van der Waals surface area (Å²) in [5, 5.41) is 28.9. The van der Waals surface area contributed by atoms with Crippen LogP contribution in [0.25, 0.3) is 17.2 Å². The smallest absolute Gasteiger partial charge is 0.275 e. The Hall–Kier alpha value is -3.48. The maximum atomic E-state index is 11.8. The van der Waals surface area contributed by atoms with E-state index in [1.807, 2.05) is 0 Å². The number of guanidine groups is 1. The molecule has 0 fully saturated rings. The summed E-state index contributed by atoms with van der Waals surface area (Å²) in [5.41, 5.74) is 12.3. The second kappa shape index (κ2) is 6.74. The predicted octanol–water partition coefficient (Wildman–Crippen LogP) is 1.67. The van der Waals surface area contributed by atoms with Crippen LogP contribution in [0.15, 0.2) is 47.0 Å². The van der Waals surface area contributed by atoms with Crippen molar-refractivity contribution in [2.45, 2.75) is 6.92 Å². The molecule has 1 amide bonds. The van der Waals surface area contributed by atoms with Crippen molar-refractivity contribution in [1.29, 1.82) is 0 Å².